The van der Waals surface area contributed by atoms with Crippen molar-refractivity contribution in [2.75, 3.05) is 5.73 Å². The molecule has 0 saturated carbocycles. The van der Waals surface area contributed by atoms with E-state index in [9.17, 15) is 4.39 Å². The Morgan fingerprint density at radius 3 is 2.71 bits per heavy atom. The van der Waals surface area contributed by atoms with E-state index in [-0.39, 0.29) is 17.2 Å². The molecular formula is C10H7FN6. The van der Waals surface area contributed by atoms with Crippen LogP contribution < -0.4 is 5.73 Å². The van der Waals surface area contributed by atoms with Crippen LogP contribution in [0.3, 0.4) is 0 Å². The van der Waals surface area contributed by atoms with Crippen molar-refractivity contribution in [3.8, 4) is 5.82 Å². The van der Waals surface area contributed by atoms with Gasteiger partial charge in [-0.2, -0.15) is 0 Å². The summed E-state index contributed by atoms with van der Waals surface area (Å²) in [4.78, 5) is 9.05. The molecule has 0 bridgehead atoms. The molecule has 2 heterocycles. The number of fused-ring (bicyclic) bond motifs is 1. The number of rotatable bonds is 1. The van der Waals surface area contributed by atoms with E-state index in [1.54, 1.807) is 12.1 Å². The normalized spacial score (nSPS) is 10.9. The maximum atomic E-state index is 13.4. The van der Waals surface area contributed by atoms with Crippen LogP contribution in [0.5, 0.6) is 0 Å². The van der Waals surface area contributed by atoms with Gasteiger partial charge in [-0.3, -0.25) is 0 Å². The van der Waals surface area contributed by atoms with Crippen molar-refractivity contribution < 1.29 is 4.39 Å². The van der Waals surface area contributed by atoms with E-state index in [0.29, 0.717) is 5.52 Å². The first kappa shape index (κ1) is 9.64. The Kier molecular flexibility index (Phi) is 1.97. The van der Waals surface area contributed by atoms with Gasteiger partial charge in [0.2, 0.25) is 5.82 Å². The minimum absolute atomic E-state index is 0.178. The zero-order valence-corrected chi connectivity index (χ0v) is 8.58. The summed E-state index contributed by atoms with van der Waals surface area (Å²) in [5, 5.41) is 8.08. The van der Waals surface area contributed by atoms with Crippen molar-refractivity contribution in [3.63, 3.8) is 0 Å². The standard InChI is InChI=1S/C10H7FN6/c11-6-2-1-3-7-8(6)16-17(15-7)10-9(12)13-4-5-14-10/h1-5H,(H2,12,13). The number of hydrogen-bond donors (Lipinski definition) is 1. The number of nitrogens with two attached hydrogens (primary N) is 1. The lowest BCUT2D eigenvalue weighted by Crippen LogP contribution is -2.06. The predicted molar refractivity (Wildman–Crippen MR) is 58.8 cm³/mol. The van der Waals surface area contributed by atoms with Gasteiger partial charge in [-0.05, 0) is 12.1 Å². The van der Waals surface area contributed by atoms with E-state index in [0.717, 1.165) is 0 Å². The van der Waals surface area contributed by atoms with Crippen molar-refractivity contribution in [2.24, 2.45) is 0 Å². The van der Waals surface area contributed by atoms with E-state index in [4.69, 9.17) is 5.73 Å². The van der Waals surface area contributed by atoms with E-state index in [1.807, 2.05) is 0 Å². The summed E-state index contributed by atoms with van der Waals surface area (Å²) in [5.41, 5.74) is 6.26. The second-order valence-electron chi connectivity index (χ2n) is 3.36. The average Bonchev–Trinajstić information content (AvgIpc) is 2.75. The van der Waals surface area contributed by atoms with Crippen LogP contribution in [0.4, 0.5) is 10.2 Å². The van der Waals surface area contributed by atoms with Gasteiger partial charge in [-0.15, -0.1) is 15.0 Å². The summed E-state index contributed by atoms with van der Waals surface area (Å²) in [6, 6.07) is 4.55. The second-order valence-corrected chi connectivity index (χ2v) is 3.36. The first-order valence-electron chi connectivity index (χ1n) is 4.84. The van der Waals surface area contributed by atoms with Crippen molar-refractivity contribution in [3.05, 3.63) is 36.4 Å². The smallest absolute Gasteiger partial charge is 0.216 e. The van der Waals surface area contributed by atoms with Crippen LogP contribution >= 0.6 is 0 Å². The summed E-state index contributed by atoms with van der Waals surface area (Å²) in [5.74, 6) is 0.0347. The molecule has 6 nitrogen and oxygen atoms in total. The Morgan fingerprint density at radius 1 is 1.12 bits per heavy atom. The van der Waals surface area contributed by atoms with Crippen molar-refractivity contribution >= 4 is 16.9 Å². The molecule has 17 heavy (non-hydrogen) atoms. The first-order valence-corrected chi connectivity index (χ1v) is 4.84. The molecule has 2 N–H and O–H groups in total. The molecule has 0 saturated heterocycles. The highest BCUT2D eigenvalue weighted by Crippen LogP contribution is 2.15. The van der Waals surface area contributed by atoms with E-state index in [1.165, 1.54) is 23.3 Å². The highest BCUT2D eigenvalue weighted by atomic mass is 19.1. The SMILES string of the molecule is Nc1nccnc1-n1nc2cccc(F)c2n1. The number of anilines is 1. The van der Waals surface area contributed by atoms with E-state index >= 15 is 0 Å². The maximum Gasteiger partial charge on any atom is 0.216 e. The first-order chi connectivity index (χ1) is 8.25. The van der Waals surface area contributed by atoms with Gasteiger partial charge in [0.1, 0.15) is 11.0 Å². The van der Waals surface area contributed by atoms with Gasteiger partial charge in [-0.25, -0.2) is 14.4 Å². The number of benzene rings is 1. The number of nitrogens with zero attached hydrogens (tertiary/aromatic N) is 5. The minimum atomic E-state index is -0.434. The van der Waals surface area contributed by atoms with Crippen LogP contribution in [-0.2, 0) is 0 Å². The zero-order valence-electron chi connectivity index (χ0n) is 8.58. The molecule has 3 aromatic rings. The lowest BCUT2D eigenvalue weighted by Gasteiger charge is -1.99. The van der Waals surface area contributed by atoms with Crippen LogP contribution in [0, 0.1) is 5.82 Å². The van der Waals surface area contributed by atoms with Gasteiger partial charge >= 0.3 is 0 Å². The Morgan fingerprint density at radius 2 is 1.94 bits per heavy atom. The number of aromatic nitrogens is 5. The van der Waals surface area contributed by atoms with E-state index in [2.05, 4.69) is 20.2 Å². The highest BCUT2D eigenvalue weighted by molar-refractivity contribution is 5.74. The predicted octanol–water partition coefficient (Wildman–Crippen LogP) is 0.932. The van der Waals surface area contributed by atoms with Crippen LogP contribution in [0.15, 0.2) is 30.6 Å². The molecule has 84 valence electrons. The molecule has 0 fully saturated rings. The molecule has 2 aromatic heterocycles. The fraction of sp³-hybridized carbons (Fsp3) is 0. The number of nitrogen functional groups attached to an aromatic ring is 1. The summed E-state index contributed by atoms with van der Waals surface area (Å²) >= 11 is 0. The molecule has 0 atom stereocenters. The summed E-state index contributed by atoms with van der Waals surface area (Å²) in [6.07, 6.45) is 2.93. The van der Waals surface area contributed by atoms with Gasteiger partial charge in [0.25, 0.3) is 0 Å². The van der Waals surface area contributed by atoms with Gasteiger partial charge < -0.3 is 5.73 Å². The molecule has 0 radical (unpaired) electrons. The molecule has 0 unspecified atom stereocenters. The summed E-state index contributed by atoms with van der Waals surface area (Å²) < 4.78 is 13.4. The monoisotopic (exact) mass is 230 g/mol. The second kappa shape index (κ2) is 3.48. The fourth-order valence-electron chi connectivity index (χ4n) is 1.49. The minimum Gasteiger partial charge on any atom is -0.380 e. The highest BCUT2D eigenvalue weighted by Gasteiger charge is 2.11. The lowest BCUT2D eigenvalue weighted by molar-refractivity contribution is 0.633. The quantitative estimate of drug-likeness (QED) is 0.672. The van der Waals surface area contributed by atoms with Crippen molar-refractivity contribution in [2.45, 2.75) is 0 Å². The molecule has 0 spiro atoms. The van der Waals surface area contributed by atoms with E-state index < -0.39 is 5.82 Å². The van der Waals surface area contributed by atoms with Crippen LogP contribution in [0.2, 0.25) is 0 Å². The van der Waals surface area contributed by atoms with Crippen molar-refractivity contribution in [1.82, 2.24) is 25.0 Å². The Balaban J connectivity index is 2.26. The molecular weight excluding hydrogens is 223 g/mol. The van der Waals surface area contributed by atoms with Gasteiger partial charge in [0.05, 0.1) is 0 Å². The summed E-state index contributed by atoms with van der Waals surface area (Å²) in [6.45, 7) is 0. The molecule has 0 aliphatic rings. The third kappa shape index (κ3) is 1.48. The molecule has 7 heteroatoms. The molecule has 0 amide bonds. The van der Waals surface area contributed by atoms with Crippen LogP contribution in [0.25, 0.3) is 16.9 Å². The van der Waals surface area contributed by atoms with Crippen LogP contribution in [-0.4, -0.2) is 25.0 Å². The molecule has 0 aliphatic heterocycles. The van der Waals surface area contributed by atoms with Gasteiger partial charge in [-0.1, -0.05) is 6.07 Å². The molecule has 1 aromatic carbocycles. The topological polar surface area (TPSA) is 82.5 Å². The third-order valence-electron chi connectivity index (χ3n) is 2.26. The van der Waals surface area contributed by atoms with Gasteiger partial charge in [0.15, 0.2) is 11.6 Å². The Bertz CT molecular complexity index is 692. The zero-order chi connectivity index (χ0) is 11.8. The molecule has 3 rings (SSSR count). The lowest BCUT2D eigenvalue weighted by atomic mass is 10.3. The largest absolute Gasteiger partial charge is 0.380 e. The third-order valence-corrected chi connectivity index (χ3v) is 2.26. The van der Waals surface area contributed by atoms with Crippen LogP contribution in [0.1, 0.15) is 0 Å². The van der Waals surface area contributed by atoms with Crippen molar-refractivity contribution in [1.29, 1.82) is 0 Å². The fourth-order valence-corrected chi connectivity index (χ4v) is 1.49. The maximum absolute atomic E-state index is 13.4. The van der Waals surface area contributed by atoms with Gasteiger partial charge in [0, 0.05) is 12.4 Å². The molecule has 0 aliphatic carbocycles. The Labute approximate surface area is 94.9 Å². The number of halogens is 1. The number of hydrogen-bond acceptors (Lipinski definition) is 5. The summed E-state index contributed by atoms with van der Waals surface area (Å²) in [7, 11) is 0. The Hall–Kier alpha value is -2.57. The average molecular weight is 230 g/mol.